The Hall–Kier alpha value is -3.04. The summed E-state index contributed by atoms with van der Waals surface area (Å²) >= 11 is 0. The summed E-state index contributed by atoms with van der Waals surface area (Å²) < 4.78 is 20.2. The van der Waals surface area contributed by atoms with Crippen molar-refractivity contribution in [2.24, 2.45) is 22.7 Å². The van der Waals surface area contributed by atoms with Crippen LogP contribution in [0, 0.1) is 22.7 Å². The summed E-state index contributed by atoms with van der Waals surface area (Å²) in [6.07, 6.45) is 6.61. The van der Waals surface area contributed by atoms with Gasteiger partial charge in [-0.15, -0.1) is 0 Å². The molecule has 0 aliphatic heterocycles. The second-order valence-electron chi connectivity index (χ2n) is 9.69. The molecule has 3 aliphatic carbocycles. The molecule has 0 saturated heterocycles. The molecule has 1 fully saturated rings. The summed E-state index contributed by atoms with van der Waals surface area (Å²) in [5, 5.41) is 23.0. The third-order valence-electron chi connectivity index (χ3n) is 8.28. The van der Waals surface area contributed by atoms with Gasteiger partial charge in [-0.25, -0.2) is 9.59 Å². The van der Waals surface area contributed by atoms with Gasteiger partial charge in [0.05, 0.1) is 39.6 Å². The van der Waals surface area contributed by atoms with Crippen LogP contribution < -0.4 is 0 Å². The number of rotatable bonds is 4. The molecule has 0 heterocycles. The molecule has 0 aromatic heterocycles. The number of ether oxygens (including phenoxy) is 4. The average molecular weight is 509 g/mol. The minimum Gasteiger partial charge on any atom is -0.511 e. The maximum atomic E-state index is 13.3. The van der Waals surface area contributed by atoms with Gasteiger partial charge < -0.3 is 29.2 Å². The number of hydrogen-bond donors (Lipinski definition) is 2. The molecule has 4 unspecified atom stereocenters. The molecule has 0 amide bonds. The minimum atomic E-state index is -1.69. The van der Waals surface area contributed by atoms with Gasteiger partial charge in [-0.05, 0) is 12.8 Å². The van der Waals surface area contributed by atoms with E-state index < -0.39 is 58.1 Å². The predicted octanol–water partition coefficient (Wildman–Crippen LogP) is 3.45. The second-order valence-corrected chi connectivity index (χ2v) is 9.69. The van der Waals surface area contributed by atoms with Gasteiger partial charge in [0.1, 0.15) is 23.4 Å². The van der Waals surface area contributed by atoms with Gasteiger partial charge >= 0.3 is 23.9 Å². The molecule has 10 heteroatoms. The number of carbonyl (C=O) groups is 4. The van der Waals surface area contributed by atoms with Crippen LogP contribution in [0.25, 0.3) is 0 Å². The summed E-state index contributed by atoms with van der Waals surface area (Å²) in [6.45, 7) is 0. The highest BCUT2D eigenvalue weighted by Gasteiger charge is 2.79. The fourth-order valence-electron chi connectivity index (χ4n) is 6.95. The summed E-state index contributed by atoms with van der Waals surface area (Å²) in [7, 11) is 4.51. The first-order valence-electron chi connectivity index (χ1n) is 12.4. The number of hydrogen-bond acceptors (Lipinski definition) is 10. The summed E-state index contributed by atoms with van der Waals surface area (Å²) in [4.78, 5) is 53.2. The highest BCUT2D eigenvalue weighted by Crippen LogP contribution is 2.74. The SMILES string of the molecule is COC(=O)C1=C(O)C(C(=O)OC)C23CCCCCCCCCCC12C(C(=O)OC)C(O)=C3C(=O)OC. The lowest BCUT2D eigenvalue weighted by molar-refractivity contribution is -0.159. The zero-order valence-corrected chi connectivity index (χ0v) is 21.4. The van der Waals surface area contributed by atoms with Gasteiger partial charge in [-0.2, -0.15) is 0 Å². The van der Waals surface area contributed by atoms with Crippen molar-refractivity contribution in [2.75, 3.05) is 28.4 Å². The van der Waals surface area contributed by atoms with Gasteiger partial charge in [-0.3, -0.25) is 9.59 Å². The molecule has 2 N–H and O–H groups in total. The van der Waals surface area contributed by atoms with Gasteiger partial charge in [0.15, 0.2) is 0 Å². The molecule has 0 spiro atoms. The van der Waals surface area contributed by atoms with Gasteiger partial charge in [0.25, 0.3) is 0 Å². The summed E-state index contributed by atoms with van der Waals surface area (Å²) in [5.74, 6) is -8.02. The topological polar surface area (TPSA) is 146 Å². The van der Waals surface area contributed by atoms with Crippen LogP contribution in [-0.2, 0) is 38.1 Å². The van der Waals surface area contributed by atoms with Crippen molar-refractivity contribution in [3.8, 4) is 0 Å². The first kappa shape index (κ1) is 27.5. The summed E-state index contributed by atoms with van der Waals surface area (Å²) in [6, 6.07) is 0. The highest BCUT2D eigenvalue weighted by atomic mass is 16.5. The van der Waals surface area contributed by atoms with Crippen LogP contribution in [0.5, 0.6) is 0 Å². The molecule has 3 aliphatic rings. The van der Waals surface area contributed by atoms with E-state index in [1.165, 1.54) is 0 Å². The third-order valence-corrected chi connectivity index (χ3v) is 8.28. The Morgan fingerprint density at radius 3 is 1.17 bits per heavy atom. The number of carbonyl (C=O) groups excluding carboxylic acids is 4. The van der Waals surface area contributed by atoms with Crippen molar-refractivity contribution < 1.29 is 48.3 Å². The molecule has 0 radical (unpaired) electrons. The Kier molecular flexibility index (Phi) is 8.36. The molecule has 1 saturated carbocycles. The Balaban J connectivity index is 2.48. The molecular formula is C26H36O10. The van der Waals surface area contributed by atoms with Gasteiger partial charge in [-0.1, -0.05) is 51.4 Å². The normalized spacial score (nSPS) is 30.9. The molecule has 3 rings (SSSR count). The maximum Gasteiger partial charge on any atom is 0.337 e. The highest BCUT2D eigenvalue weighted by molar-refractivity contribution is 6.03. The van der Waals surface area contributed by atoms with Crippen molar-refractivity contribution in [3.63, 3.8) is 0 Å². The molecule has 4 atom stereocenters. The van der Waals surface area contributed by atoms with Crippen LogP contribution in [0.2, 0.25) is 0 Å². The molecular weight excluding hydrogens is 472 g/mol. The Morgan fingerprint density at radius 2 is 0.889 bits per heavy atom. The molecule has 10 nitrogen and oxygen atoms in total. The lowest BCUT2D eigenvalue weighted by Crippen LogP contribution is -2.51. The quantitative estimate of drug-likeness (QED) is 0.428. The van der Waals surface area contributed by atoms with E-state index in [2.05, 4.69) is 0 Å². The zero-order chi connectivity index (χ0) is 26.7. The van der Waals surface area contributed by atoms with Crippen molar-refractivity contribution in [1.82, 2.24) is 0 Å². The van der Waals surface area contributed by atoms with E-state index in [4.69, 9.17) is 18.9 Å². The van der Waals surface area contributed by atoms with Crippen molar-refractivity contribution >= 4 is 23.9 Å². The van der Waals surface area contributed by atoms with E-state index in [1.807, 2.05) is 0 Å². The van der Waals surface area contributed by atoms with Crippen LogP contribution in [0.1, 0.15) is 64.2 Å². The third kappa shape index (κ3) is 3.85. The first-order chi connectivity index (χ1) is 17.2. The molecule has 0 bridgehead atoms. The van der Waals surface area contributed by atoms with E-state index in [-0.39, 0.29) is 24.0 Å². The number of esters is 4. The predicted molar refractivity (Wildman–Crippen MR) is 125 cm³/mol. The van der Waals surface area contributed by atoms with Crippen LogP contribution in [0.3, 0.4) is 0 Å². The molecule has 200 valence electrons. The molecule has 0 aromatic carbocycles. The molecule has 36 heavy (non-hydrogen) atoms. The number of methoxy groups -OCH3 is 4. The summed E-state index contributed by atoms with van der Waals surface area (Å²) in [5.41, 5.74) is -4.00. The van der Waals surface area contributed by atoms with Crippen molar-refractivity contribution in [3.05, 3.63) is 22.7 Å². The number of aliphatic hydroxyl groups is 2. The Morgan fingerprint density at radius 1 is 0.583 bits per heavy atom. The van der Waals surface area contributed by atoms with Crippen molar-refractivity contribution in [1.29, 1.82) is 0 Å². The van der Waals surface area contributed by atoms with E-state index in [9.17, 15) is 29.4 Å². The van der Waals surface area contributed by atoms with Crippen LogP contribution in [0.4, 0.5) is 0 Å². The standard InChI is InChI=1S/C26H36O10/c1-33-21(29)15-19(27)16(22(30)34-2)26-14-12-10-8-6-5-7-9-11-13-25(15,26)17(23(31)35-3)20(28)18(26)24(32)36-4/h15,18,27-28H,5-14H2,1-4H3. The van der Waals surface area contributed by atoms with Gasteiger partial charge in [0, 0.05) is 10.8 Å². The van der Waals surface area contributed by atoms with Crippen molar-refractivity contribution in [2.45, 2.75) is 64.2 Å². The lowest BCUT2D eigenvalue weighted by Gasteiger charge is -2.47. The second kappa shape index (κ2) is 10.9. The largest absolute Gasteiger partial charge is 0.511 e. The Bertz CT molecular complexity index is 901. The van der Waals surface area contributed by atoms with E-state index in [0.29, 0.717) is 12.8 Å². The Labute approximate surface area is 210 Å². The minimum absolute atomic E-state index is 0.110. The smallest absolute Gasteiger partial charge is 0.337 e. The molecule has 0 aromatic rings. The fraction of sp³-hybridized carbons (Fsp3) is 0.692. The van der Waals surface area contributed by atoms with E-state index >= 15 is 0 Å². The van der Waals surface area contributed by atoms with Crippen LogP contribution in [-0.4, -0.2) is 62.5 Å². The zero-order valence-electron chi connectivity index (χ0n) is 21.4. The van der Waals surface area contributed by atoms with Crippen LogP contribution in [0.15, 0.2) is 22.7 Å². The first-order valence-corrected chi connectivity index (χ1v) is 12.4. The van der Waals surface area contributed by atoms with Gasteiger partial charge in [0.2, 0.25) is 0 Å². The van der Waals surface area contributed by atoms with E-state index in [1.54, 1.807) is 0 Å². The maximum absolute atomic E-state index is 13.3. The lowest BCUT2D eigenvalue weighted by atomic mass is 9.52. The monoisotopic (exact) mass is 508 g/mol. The van der Waals surface area contributed by atoms with Crippen LogP contribution >= 0.6 is 0 Å². The average Bonchev–Trinajstić information content (AvgIpc) is 3.20. The van der Waals surface area contributed by atoms with E-state index in [0.717, 1.165) is 67.0 Å². The number of aliphatic hydroxyl groups excluding tert-OH is 2. The fourth-order valence-corrected chi connectivity index (χ4v) is 6.95.